The molecule has 5 heteroatoms. The first kappa shape index (κ1) is 23.6. The number of rotatable bonds is 10. The topological polar surface area (TPSA) is 23.6 Å². The zero-order valence-electron chi connectivity index (χ0n) is 18.3. The molecule has 2 atom stereocenters. The zero-order valence-corrected chi connectivity index (χ0v) is 20.0. The third kappa shape index (κ3) is 7.64. The van der Waals surface area contributed by atoms with Crippen LogP contribution >= 0.6 is 23.5 Å². The van der Waals surface area contributed by atoms with Gasteiger partial charge in [-0.15, -0.1) is 23.5 Å². The first-order valence-electron chi connectivity index (χ1n) is 10.6. The lowest BCUT2D eigenvalue weighted by Crippen LogP contribution is -2.33. The summed E-state index contributed by atoms with van der Waals surface area (Å²) in [5, 5.41) is 1.20. The molecule has 28 heavy (non-hydrogen) atoms. The Morgan fingerprint density at radius 2 is 1.75 bits per heavy atom. The van der Waals surface area contributed by atoms with E-state index in [0.717, 1.165) is 19.5 Å². The average Bonchev–Trinajstić information content (AvgIpc) is 2.67. The fourth-order valence-corrected chi connectivity index (χ4v) is 6.81. The number of hydrogen-bond acceptors (Lipinski definition) is 4. The second-order valence-corrected chi connectivity index (χ2v) is 11.0. The van der Waals surface area contributed by atoms with Crippen LogP contribution < -0.4 is 0 Å². The molecule has 0 heterocycles. The predicted octanol–water partition coefficient (Wildman–Crippen LogP) is 5.36. The third-order valence-electron chi connectivity index (χ3n) is 5.41. The average molecular weight is 423 g/mol. The van der Waals surface area contributed by atoms with Crippen molar-refractivity contribution in [1.82, 2.24) is 9.80 Å². The van der Waals surface area contributed by atoms with Crippen LogP contribution in [0.2, 0.25) is 0 Å². The Hall–Kier alpha value is -0.650. The van der Waals surface area contributed by atoms with Crippen molar-refractivity contribution in [1.29, 1.82) is 0 Å². The molecule has 0 aliphatic heterocycles. The van der Waals surface area contributed by atoms with Crippen LogP contribution in [-0.4, -0.2) is 66.2 Å². The molecule has 1 fully saturated rings. The highest BCUT2D eigenvalue weighted by molar-refractivity contribution is 8.04. The Labute approximate surface area is 181 Å². The van der Waals surface area contributed by atoms with Gasteiger partial charge >= 0.3 is 0 Å². The monoisotopic (exact) mass is 422 g/mol. The van der Waals surface area contributed by atoms with Crippen molar-refractivity contribution in [2.45, 2.75) is 67.3 Å². The minimum absolute atomic E-state index is 0.278. The first-order valence-corrected chi connectivity index (χ1v) is 12.6. The Morgan fingerprint density at radius 3 is 2.43 bits per heavy atom. The minimum atomic E-state index is 0.278. The summed E-state index contributed by atoms with van der Waals surface area (Å²) in [4.78, 5) is 18.1. The smallest absolute Gasteiger partial charge is 0.232 e. The lowest BCUT2D eigenvalue weighted by Gasteiger charge is -2.31. The van der Waals surface area contributed by atoms with Crippen LogP contribution in [0.15, 0.2) is 29.2 Å². The molecule has 1 aromatic carbocycles. The highest BCUT2D eigenvalue weighted by Crippen LogP contribution is 2.41. The number of nitrogens with zero attached hydrogens (tertiary/aromatic N) is 2. The minimum Gasteiger partial charge on any atom is -0.345 e. The molecule has 2 rings (SSSR count). The molecule has 3 nitrogen and oxygen atoms in total. The standard InChI is InChI=1S/C23H38N2OS2/c1-18(2)19-11-6-7-12-20(19)28-22-14-9-8-13-21(22)27-17-23(26)25(5)16-10-15-24(3)4/h6-7,11-12,18,21-22H,8-10,13-17H2,1-5H3. The van der Waals surface area contributed by atoms with Crippen molar-refractivity contribution in [3.63, 3.8) is 0 Å². The van der Waals surface area contributed by atoms with Crippen LogP contribution in [0.3, 0.4) is 0 Å². The van der Waals surface area contributed by atoms with Gasteiger partial charge < -0.3 is 9.80 Å². The second kappa shape index (κ2) is 12.1. The van der Waals surface area contributed by atoms with Gasteiger partial charge in [0.05, 0.1) is 5.75 Å². The molecule has 1 aliphatic carbocycles. The number of carbonyl (C=O) groups excluding carboxylic acids is 1. The molecule has 0 N–H and O–H groups in total. The van der Waals surface area contributed by atoms with Crippen LogP contribution in [0.4, 0.5) is 0 Å². The van der Waals surface area contributed by atoms with E-state index in [1.165, 1.54) is 36.1 Å². The zero-order chi connectivity index (χ0) is 20.5. The molecule has 2 unspecified atom stereocenters. The molecule has 0 aromatic heterocycles. The summed E-state index contributed by atoms with van der Waals surface area (Å²) in [5.41, 5.74) is 1.46. The van der Waals surface area contributed by atoms with Crippen molar-refractivity contribution in [2.24, 2.45) is 0 Å². The van der Waals surface area contributed by atoms with Crippen molar-refractivity contribution in [2.75, 3.05) is 40.0 Å². The summed E-state index contributed by atoms with van der Waals surface area (Å²) in [6.07, 6.45) is 6.16. The Bertz CT molecular complexity index is 606. The van der Waals surface area contributed by atoms with Crippen molar-refractivity contribution in [3.05, 3.63) is 29.8 Å². The van der Waals surface area contributed by atoms with Gasteiger partial charge in [0.15, 0.2) is 0 Å². The largest absolute Gasteiger partial charge is 0.345 e. The van der Waals surface area contributed by atoms with E-state index in [1.807, 2.05) is 23.7 Å². The summed E-state index contributed by atoms with van der Waals surface area (Å²) in [5.74, 6) is 1.45. The van der Waals surface area contributed by atoms with E-state index in [-0.39, 0.29) is 5.91 Å². The number of carbonyl (C=O) groups is 1. The molecular formula is C23H38N2OS2. The van der Waals surface area contributed by atoms with Gasteiger partial charge in [0.1, 0.15) is 0 Å². The molecule has 0 saturated heterocycles. The van der Waals surface area contributed by atoms with Gasteiger partial charge in [0.25, 0.3) is 0 Å². The second-order valence-electron chi connectivity index (χ2n) is 8.45. The van der Waals surface area contributed by atoms with Crippen molar-refractivity contribution >= 4 is 29.4 Å². The maximum absolute atomic E-state index is 12.6. The predicted molar refractivity (Wildman–Crippen MR) is 126 cm³/mol. The molecule has 1 amide bonds. The lowest BCUT2D eigenvalue weighted by atomic mass is 10.00. The van der Waals surface area contributed by atoms with E-state index in [0.29, 0.717) is 22.2 Å². The van der Waals surface area contributed by atoms with Crippen LogP contribution in [0.1, 0.15) is 57.4 Å². The van der Waals surface area contributed by atoms with Gasteiger partial charge in [0.2, 0.25) is 5.91 Å². The number of amides is 1. The number of thioether (sulfide) groups is 2. The summed E-state index contributed by atoms with van der Waals surface area (Å²) in [7, 11) is 6.11. The number of benzene rings is 1. The summed E-state index contributed by atoms with van der Waals surface area (Å²) in [6, 6.07) is 8.85. The van der Waals surface area contributed by atoms with E-state index in [1.54, 1.807) is 0 Å². The Balaban J connectivity index is 1.88. The fourth-order valence-electron chi connectivity index (χ4n) is 3.65. The van der Waals surface area contributed by atoms with E-state index in [4.69, 9.17) is 0 Å². The van der Waals surface area contributed by atoms with Crippen LogP contribution in [0.25, 0.3) is 0 Å². The van der Waals surface area contributed by atoms with Crippen LogP contribution in [0, 0.1) is 0 Å². The van der Waals surface area contributed by atoms with Crippen LogP contribution in [0.5, 0.6) is 0 Å². The molecular weight excluding hydrogens is 384 g/mol. The van der Waals surface area contributed by atoms with E-state index in [9.17, 15) is 4.79 Å². The Kier molecular flexibility index (Phi) is 10.2. The van der Waals surface area contributed by atoms with E-state index in [2.05, 4.69) is 68.9 Å². The summed E-state index contributed by atoms with van der Waals surface area (Å²) >= 11 is 3.95. The molecule has 1 aromatic rings. The highest BCUT2D eigenvalue weighted by atomic mass is 32.2. The third-order valence-corrected chi connectivity index (χ3v) is 8.48. The van der Waals surface area contributed by atoms with Gasteiger partial charge in [-0.05, 0) is 57.5 Å². The summed E-state index contributed by atoms with van der Waals surface area (Å²) < 4.78 is 0. The maximum Gasteiger partial charge on any atom is 0.232 e. The fraction of sp³-hybridized carbons (Fsp3) is 0.696. The van der Waals surface area contributed by atoms with Gasteiger partial charge in [-0.1, -0.05) is 44.9 Å². The molecule has 0 bridgehead atoms. The molecule has 1 aliphatic rings. The SMILES string of the molecule is CC(C)c1ccccc1SC1CCCCC1SCC(=O)N(C)CCCN(C)C. The molecule has 0 radical (unpaired) electrons. The van der Waals surface area contributed by atoms with E-state index < -0.39 is 0 Å². The van der Waals surface area contributed by atoms with Gasteiger partial charge in [-0.3, -0.25) is 4.79 Å². The lowest BCUT2D eigenvalue weighted by molar-refractivity contribution is -0.127. The number of hydrogen-bond donors (Lipinski definition) is 0. The van der Waals surface area contributed by atoms with Crippen molar-refractivity contribution < 1.29 is 4.79 Å². The summed E-state index contributed by atoms with van der Waals surface area (Å²) in [6.45, 7) is 6.43. The van der Waals surface area contributed by atoms with E-state index >= 15 is 0 Å². The maximum atomic E-state index is 12.6. The quantitative estimate of drug-likeness (QED) is 0.507. The van der Waals surface area contributed by atoms with Gasteiger partial charge in [-0.2, -0.15) is 0 Å². The highest BCUT2D eigenvalue weighted by Gasteiger charge is 2.28. The normalized spacial score (nSPS) is 20.0. The van der Waals surface area contributed by atoms with Crippen LogP contribution in [-0.2, 0) is 4.79 Å². The van der Waals surface area contributed by atoms with Gasteiger partial charge in [-0.25, -0.2) is 0 Å². The molecule has 0 spiro atoms. The molecule has 158 valence electrons. The van der Waals surface area contributed by atoms with Gasteiger partial charge in [0, 0.05) is 29.0 Å². The Morgan fingerprint density at radius 1 is 1.07 bits per heavy atom. The first-order chi connectivity index (χ1) is 13.4. The molecule has 1 saturated carbocycles. The van der Waals surface area contributed by atoms with Crippen molar-refractivity contribution in [3.8, 4) is 0 Å².